The zero-order chi connectivity index (χ0) is 16.9. The van der Waals surface area contributed by atoms with Crippen LogP contribution in [0.2, 0.25) is 0 Å². The van der Waals surface area contributed by atoms with Crippen LogP contribution in [0.1, 0.15) is 23.2 Å². The minimum atomic E-state index is -3.36. The number of benzene rings is 1. The number of nitrogens with one attached hydrogen (secondary N) is 1. The van der Waals surface area contributed by atoms with Gasteiger partial charge in [0.1, 0.15) is 0 Å². The van der Waals surface area contributed by atoms with E-state index in [-0.39, 0.29) is 24.2 Å². The van der Waals surface area contributed by atoms with Crippen molar-refractivity contribution in [2.75, 3.05) is 39.5 Å². The number of rotatable bonds is 6. The molecule has 1 amide bonds. The first-order chi connectivity index (χ1) is 10.9. The van der Waals surface area contributed by atoms with Gasteiger partial charge >= 0.3 is 0 Å². The van der Waals surface area contributed by atoms with Crippen molar-refractivity contribution in [1.82, 2.24) is 14.5 Å². The van der Waals surface area contributed by atoms with Gasteiger partial charge in [-0.25, -0.2) is 12.7 Å². The van der Waals surface area contributed by atoms with Gasteiger partial charge < -0.3 is 10.2 Å². The molecule has 0 radical (unpaired) electrons. The molecule has 1 saturated heterocycles. The maximum absolute atomic E-state index is 12.4. The zero-order valence-corrected chi connectivity index (χ0v) is 14.6. The molecule has 0 unspecified atom stereocenters. The lowest BCUT2D eigenvalue weighted by atomic mass is 10.1. The number of nitrogens with zero attached hydrogens (tertiary/aromatic N) is 2. The summed E-state index contributed by atoms with van der Waals surface area (Å²) in [6.45, 7) is 1.94. The predicted molar refractivity (Wildman–Crippen MR) is 90.8 cm³/mol. The van der Waals surface area contributed by atoms with Gasteiger partial charge in [-0.2, -0.15) is 0 Å². The normalized spacial score (nSPS) is 17.3. The average Bonchev–Trinajstić information content (AvgIpc) is 2.55. The highest BCUT2D eigenvalue weighted by Gasteiger charge is 2.28. The summed E-state index contributed by atoms with van der Waals surface area (Å²) in [4.78, 5) is 14.1. The quantitative estimate of drug-likeness (QED) is 0.831. The predicted octanol–water partition coefficient (Wildman–Crippen LogP) is 0.772. The molecule has 128 valence electrons. The fourth-order valence-electron chi connectivity index (χ4n) is 2.71. The summed E-state index contributed by atoms with van der Waals surface area (Å²) >= 11 is 0. The van der Waals surface area contributed by atoms with Crippen LogP contribution in [-0.2, 0) is 10.0 Å². The van der Waals surface area contributed by atoms with E-state index in [1.165, 1.54) is 4.31 Å². The number of hydrogen-bond donors (Lipinski definition) is 1. The van der Waals surface area contributed by atoms with Crippen LogP contribution in [0.3, 0.4) is 0 Å². The first-order valence-corrected chi connectivity index (χ1v) is 9.48. The maximum Gasteiger partial charge on any atom is 0.251 e. The smallest absolute Gasteiger partial charge is 0.251 e. The number of hydrogen-bond acceptors (Lipinski definition) is 4. The molecule has 0 atom stereocenters. The Morgan fingerprint density at radius 3 is 2.48 bits per heavy atom. The second-order valence-corrected chi connectivity index (χ2v) is 8.14. The van der Waals surface area contributed by atoms with Gasteiger partial charge in [0.15, 0.2) is 0 Å². The van der Waals surface area contributed by atoms with Crippen molar-refractivity contribution in [2.24, 2.45) is 0 Å². The van der Waals surface area contributed by atoms with Crippen molar-refractivity contribution in [3.63, 3.8) is 0 Å². The third kappa shape index (κ3) is 5.02. The Bertz CT molecular complexity index is 611. The maximum atomic E-state index is 12.4. The first kappa shape index (κ1) is 17.9. The van der Waals surface area contributed by atoms with E-state index in [0.29, 0.717) is 5.56 Å². The summed E-state index contributed by atoms with van der Waals surface area (Å²) in [5, 5.41) is 2.67. The molecule has 1 fully saturated rings. The zero-order valence-electron chi connectivity index (χ0n) is 13.7. The lowest BCUT2D eigenvalue weighted by Crippen LogP contribution is -2.46. The molecular weight excluding hydrogens is 314 g/mol. The molecule has 0 saturated carbocycles. The Labute approximate surface area is 138 Å². The first-order valence-electron chi connectivity index (χ1n) is 7.87. The Morgan fingerprint density at radius 1 is 1.26 bits per heavy atom. The fraction of sp³-hybridized carbons (Fsp3) is 0.562. The van der Waals surface area contributed by atoms with Crippen LogP contribution < -0.4 is 5.32 Å². The van der Waals surface area contributed by atoms with E-state index in [1.807, 2.05) is 13.1 Å². The molecule has 0 aliphatic carbocycles. The molecule has 2 rings (SSSR count). The standard InChI is InChI=1S/C16H25N3O3S/c1-18-11-8-15(9-12-18)19(2)23(21,22)13-10-17-16(20)14-6-4-3-5-7-14/h3-7,15H,8-13H2,1-2H3,(H,17,20). The van der Waals surface area contributed by atoms with E-state index in [9.17, 15) is 13.2 Å². The molecule has 1 aromatic rings. The van der Waals surface area contributed by atoms with E-state index in [4.69, 9.17) is 0 Å². The second kappa shape index (κ2) is 7.90. The Morgan fingerprint density at radius 2 is 1.87 bits per heavy atom. The van der Waals surface area contributed by atoms with Crippen molar-refractivity contribution >= 4 is 15.9 Å². The van der Waals surface area contributed by atoms with Crippen LogP contribution >= 0.6 is 0 Å². The third-order valence-corrected chi connectivity index (χ3v) is 6.22. The molecule has 6 nitrogen and oxygen atoms in total. The highest BCUT2D eigenvalue weighted by molar-refractivity contribution is 7.89. The molecule has 1 N–H and O–H groups in total. The van der Waals surface area contributed by atoms with E-state index in [1.54, 1.807) is 31.3 Å². The van der Waals surface area contributed by atoms with Crippen molar-refractivity contribution < 1.29 is 13.2 Å². The molecule has 0 bridgehead atoms. The minimum Gasteiger partial charge on any atom is -0.351 e. The summed E-state index contributed by atoms with van der Waals surface area (Å²) in [6, 6.07) is 8.85. The summed E-state index contributed by atoms with van der Waals surface area (Å²) < 4.78 is 26.3. The van der Waals surface area contributed by atoms with Gasteiger partial charge in [0.25, 0.3) is 5.91 Å². The van der Waals surface area contributed by atoms with Crippen molar-refractivity contribution in [3.8, 4) is 0 Å². The number of carbonyl (C=O) groups excluding carboxylic acids is 1. The topological polar surface area (TPSA) is 69.7 Å². The van der Waals surface area contributed by atoms with Gasteiger partial charge in [0, 0.05) is 25.2 Å². The van der Waals surface area contributed by atoms with Gasteiger partial charge in [-0.1, -0.05) is 18.2 Å². The highest BCUT2D eigenvalue weighted by atomic mass is 32.2. The molecule has 0 aromatic heterocycles. The molecule has 0 spiro atoms. The number of amides is 1. The number of carbonyl (C=O) groups is 1. The van der Waals surface area contributed by atoms with E-state index < -0.39 is 10.0 Å². The molecule has 7 heteroatoms. The summed E-state index contributed by atoms with van der Waals surface area (Å²) in [7, 11) is 0.334. The molecule has 1 aliphatic rings. The number of likely N-dealkylation sites (tertiary alicyclic amines) is 1. The average molecular weight is 339 g/mol. The Kier molecular flexibility index (Phi) is 6.15. The SMILES string of the molecule is CN1CCC(N(C)S(=O)(=O)CCNC(=O)c2ccccc2)CC1. The van der Waals surface area contributed by atoms with Crippen LogP contribution in [0, 0.1) is 0 Å². The lowest BCUT2D eigenvalue weighted by molar-refractivity contribution is 0.0956. The summed E-state index contributed by atoms with van der Waals surface area (Å²) in [5.74, 6) is -0.322. The van der Waals surface area contributed by atoms with Crippen LogP contribution in [0.15, 0.2) is 30.3 Å². The van der Waals surface area contributed by atoms with E-state index in [0.717, 1.165) is 25.9 Å². The van der Waals surface area contributed by atoms with Crippen LogP contribution in [0.25, 0.3) is 0 Å². The molecule has 1 aromatic carbocycles. The van der Waals surface area contributed by atoms with Gasteiger partial charge in [0.05, 0.1) is 5.75 Å². The lowest BCUT2D eigenvalue weighted by Gasteiger charge is -2.34. The molecule has 23 heavy (non-hydrogen) atoms. The molecule has 1 aliphatic heterocycles. The molecule has 1 heterocycles. The van der Waals surface area contributed by atoms with Gasteiger partial charge in [0.2, 0.25) is 10.0 Å². The number of sulfonamides is 1. The van der Waals surface area contributed by atoms with Crippen LogP contribution in [0.4, 0.5) is 0 Å². The Hall–Kier alpha value is -1.44. The van der Waals surface area contributed by atoms with Crippen LogP contribution in [-0.4, -0.2) is 69.1 Å². The minimum absolute atomic E-state index is 0.0565. The van der Waals surface area contributed by atoms with Gasteiger partial charge in [-0.05, 0) is 45.1 Å². The van der Waals surface area contributed by atoms with Gasteiger partial charge in [-0.3, -0.25) is 4.79 Å². The number of piperidine rings is 1. The van der Waals surface area contributed by atoms with Gasteiger partial charge in [-0.15, -0.1) is 0 Å². The largest absolute Gasteiger partial charge is 0.351 e. The van der Waals surface area contributed by atoms with Crippen LogP contribution in [0.5, 0.6) is 0 Å². The summed E-state index contributed by atoms with van der Waals surface area (Å²) in [5.41, 5.74) is 0.536. The van der Waals surface area contributed by atoms with E-state index >= 15 is 0 Å². The monoisotopic (exact) mass is 339 g/mol. The highest BCUT2D eigenvalue weighted by Crippen LogP contribution is 2.17. The van der Waals surface area contributed by atoms with E-state index in [2.05, 4.69) is 10.2 Å². The third-order valence-electron chi connectivity index (χ3n) is 4.32. The summed E-state index contributed by atoms with van der Waals surface area (Å²) in [6.07, 6.45) is 1.70. The molecular formula is C16H25N3O3S. The van der Waals surface area contributed by atoms with Crippen molar-refractivity contribution in [1.29, 1.82) is 0 Å². The van der Waals surface area contributed by atoms with Crippen molar-refractivity contribution in [3.05, 3.63) is 35.9 Å². The van der Waals surface area contributed by atoms with Crippen molar-refractivity contribution in [2.45, 2.75) is 18.9 Å². The fourth-order valence-corrected chi connectivity index (χ4v) is 4.03. The second-order valence-electron chi connectivity index (χ2n) is 5.99. The Balaban J connectivity index is 1.83.